The van der Waals surface area contributed by atoms with Gasteiger partial charge in [0.25, 0.3) is 0 Å². The maximum atomic E-state index is 10.3. The molecular weight excluding hydrogens is 248 g/mol. The van der Waals surface area contributed by atoms with Crippen molar-refractivity contribution in [2.24, 2.45) is 5.92 Å². The van der Waals surface area contributed by atoms with Crippen molar-refractivity contribution >= 4 is 10.9 Å². The lowest BCUT2D eigenvalue weighted by molar-refractivity contribution is 0.0383. The Morgan fingerprint density at radius 1 is 1.20 bits per heavy atom. The fourth-order valence-electron chi connectivity index (χ4n) is 2.62. The third kappa shape index (κ3) is 4.29. The highest BCUT2D eigenvalue weighted by molar-refractivity contribution is 5.78. The summed E-state index contributed by atoms with van der Waals surface area (Å²) in [6.45, 7) is 7.39. The second kappa shape index (κ2) is 6.33. The Hall–Kier alpha value is -1.45. The molecule has 0 saturated heterocycles. The van der Waals surface area contributed by atoms with Crippen LogP contribution in [0.1, 0.15) is 32.9 Å². The minimum atomic E-state index is -0.662. The lowest BCUT2D eigenvalue weighted by atomic mass is 9.94. The van der Waals surface area contributed by atoms with Crippen LogP contribution in [0.2, 0.25) is 0 Å². The fourth-order valence-corrected chi connectivity index (χ4v) is 2.62. The van der Waals surface area contributed by atoms with Crippen molar-refractivity contribution in [1.82, 2.24) is 10.3 Å². The number of benzene rings is 1. The molecule has 108 valence electrons. The summed E-state index contributed by atoms with van der Waals surface area (Å²) in [7, 11) is 0. The summed E-state index contributed by atoms with van der Waals surface area (Å²) < 4.78 is 0. The first-order valence-corrected chi connectivity index (χ1v) is 7.24. The molecule has 0 aliphatic heterocycles. The SMILES string of the molecule is CC(C)CC(C)(O)CNCc1ccc2ccccc2n1. The van der Waals surface area contributed by atoms with Crippen molar-refractivity contribution in [2.45, 2.75) is 39.3 Å². The van der Waals surface area contributed by atoms with Gasteiger partial charge >= 0.3 is 0 Å². The second-order valence-corrected chi connectivity index (χ2v) is 6.19. The van der Waals surface area contributed by atoms with E-state index in [2.05, 4.69) is 36.3 Å². The standard InChI is InChI=1S/C17H24N2O/c1-13(2)10-17(3,20)12-18-11-15-9-8-14-6-4-5-7-16(14)19-15/h4-9,13,18,20H,10-12H2,1-3H3. The van der Waals surface area contributed by atoms with Crippen molar-refractivity contribution in [3.05, 3.63) is 42.1 Å². The van der Waals surface area contributed by atoms with Gasteiger partial charge in [-0.1, -0.05) is 38.1 Å². The van der Waals surface area contributed by atoms with E-state index in [0.29, 0.717) is 19.0 Å². The summed E-state index contributed by atoms with van der Waals surface area (Å²) >= 11 is 0. The quantitative estimate of drug-likeness (QED) is 0.849. The Balaban J connectivity index is 1.92. The molecule has 1 aromatic heterocycles. The van der Waals surface area contributed by atoms with Gasteiger partial charge in [0.15, 0.2) is 0 Å². The summed E-state index contributed by atoms with van der Waals surface area (Å²) in [5.74, 6) is 0.491. The lowest BCUT2D eigenvalue weighted by Crippen LogP contribution is -2.38. The van der Waals surface area contributed by atoms with Crippen molar-refractivity contribution < 1.29 is 5.11 Å². The number of aliphatic hydroxyl groups is 1. The molecule has 0 radical (unpaired) electrons. The molecule has 1 heterocycles. The Labute approximate surface area is 121 Å². The lowest BCUT2D eigenvalue weighted by Gasteiger charge is -2.25. The van der Waals surface area contributed by atoms with E-state index in [1.807, 2.05) is 31.2 Å². The summed E-state index contributed by atoms with van der Waals surface area (Å²) in [5, 5.41) is 14.7. The average molecular weight is 272 g/mol. The fraction of sp³-hybridized carbons (Fsp3) is 0.471. The van der Waals surface area contributed by atoms with Gasteiger partial charge in [0, 0.05) is 18.5 Å². The molecule has 3 heteroatoms. The second-order valence-electron chi connectivity index (χ2n) is 6.19. The van der Waals surface area contributed by atoms with Gasteiger partial charge in [-0.2, -0.15) is 0 Å². The molecule has 0 fully saturated rings. The van der Waals surface area contributed by atoms with Gasteiger partial charge in [-0.15, -0.1) is 0 Å². The first-order chi connectivity index (χ1) is 9.46. The topological polar surface area (TPSA) is 45.1 Å². The zero-order valence-corrected chi connectivity index (χ0v) is 12.6. The minimum Gasteiger partial charge on any atom is -0.389 e. The highest BCUT2D eigenvalue weighted by Crippen LogP contribution is 2.15. The number of nitrogens with one attached hydrogen (secondary N) is 1. The normalized spacial score (nSPS) is 14.7. The summed E-state index contributed by atoms with van der Waals surface area (Å²) in [6.07, 6.45) is 0.797. The number of hydrogen-bond donors (Lipinski definition) is 2. The Bertz CT molecular complexity index is 564. The molecule has 0 amide bonds. The summed E-state index contributed by atoms with van der Waals surface area (Å²) in [5.41, 5.74) is 1.36. The molecule has 1 atom stereocenters. The molecule has 2 rings (SSSR count). The van der Waals surface area contributed by atoms with Crippen LogP contribution in [0.3, 0.4) is 0 Å². The predicted molar refractivity (Wildman–Crippen MR) is 83.5 cm³/mol. The van der Waals surface area contributed by atoms with Gasteiger partial charge in [-0.3, -0.25) is 4.98 Å². The van der Waals surface area contributed by atoms with Gasteiger partial charge in [-0.05, 0) is 31.4 Å². The van der Waals surface area contributed by atoms with E-state index in [4.69, 9.17) is 0 Å². The Morgan fingerprint density at radius 3 is 2.70 bits per heavy atom. The van der Waals surface area contributed by atoms with Crippen LogP contribution >= 0.6 is 0 Å². The zero-order valence-electron chi connectivity index (χ0n) is 12.6. The van der Waals surface area contributed by atoms with Crippen LogP contribution in [0.5, 0.6) is 0 Å². The average Bonchev–Trinajstić information content (AvgIpc) is 2.37. The van der Waals surface area contributed by atoms with E-state index in [1.165, 1.54) is 0 Å². The summed E-state index contributed by atoms with van der Waals surface area (Å²) in [4.78, 5) is 4.61. The van der Waals surface area contributed by atoms with Crippen LogP contribution in [-0.2, 0) is 6.54 Å². The number of hydrogen-bond acceptors (Lipinski definition) is 3. The molecule has 2 N–H and O–H groups in total. The Morgan fingerprint density at radius 2 is 1.95 bits per heavy atom. The van der Waals surface area contributed by atoms with Crippen molar-refractivity contribution in [3.63, 3.8) is 0 Å². The minimum absolute atomic E-state index is 0.491. The predicted octanol–water partition coefficient (Wildman–Crippen LogP) is 3.12. The van der Waals surface area contributed by atoms with Crippen LogP contribution in [-0.4, -0.2) is 22.2 Å². The van der Waals surface area contributed by atoms with Gasteiger partial charge in [0.05, 0.1) is 16.8 Å². The molecule has 0 aliphatic carbocycles. The first kappa shape index (κ1) is 14.9. The van der Waals surface area contributed by atoms with E-state index in [9.17, 15) is 5.11 Å². The largest absolute Gasteiger partial charge is 0.389 e. The monoisotopic (exact) mass is 272 g/mol. The molecule has 0 saturated carbocycles. The molecule has 3 nitrogen and oxygen atoms in total. The van der Waals surface area contributed by atoms with Crippen LogP contribution in [0.25, 0.3) is 10.9 Å². The van der Waals surface area contributed by atoms with Crippen molar-refractivity contribution in [2.75, 3.05) is 6.54 Å². The number of aromatic nitrogens is 1. The van der Waals surface area contributed by atoms with E-state index < -0.39 is 5.60 Å². The maximum Gasteiger partial charge on any atom is 0.0746 e. The van der Waals surface area contributed by atoms with Crippen molar-refractivity contribution in [1.29, 1.82) is 0 Å². The highest BCUT2D eigenvalue weighted by Gasteiger charge is 2.21. The highest BCUT2D eigenvalue weighted by atomic mass is 16.3. The van der Waals surface area contributed by atoms with Gasteiger partial charge in [-0.25, -0.2) is 0 Å². The van der Waals surface area contributed by atoms with Crippen LogP contribution in [0.4, 0.5) is 0 Å². The van der Waals surface area contributed by atoms with Gasteiger partial charge in [0.1, 0.15) is 0 Å². The third-order valence-electron chi connectivity index (χ3n) is 3.32. The molecule has 2 aromatic rings. The molecular formula is C17H24N2O. The first-order valence-electron chi connectivity index (χ1n) is 7.24. The molecule has 20 heavy (non-hydrogen) atoms. The number of fused-ring (bicyclic) bond motifs is 1. The van der Waals surface area contributed by atoms with Gasteiger partial charge in [0.2, 0.25) is 0 Å². The molecule has 0 aliphatic rings. The summed E-state index contributed by atoms with van der Waals surface area (Å²) in [6, 6.07) is 12.2. The third-order valence-corrected chi connectivity index (χ3v) is 3.32. The van der Waals surface area contributed by atoms with Crippen LogP contribution in [0, 0.1) is 5.92 Å². The molecule has 1 aromatic carbocycles. The molecule has 1 unspecified atom stereocenters. The van der Waals surface area contributed by atoms with Gasteiger partial charge < -0.3 is 10.4 Å². The van der Waals surface area contributed by atoms with E-state index in [-0.39, 0.29) is 0 Å². The van der Waals surface area contributed by atoms with Crippen LogP contribution < -0.4 is 5.32 Å². The molecule has 0 bridgehead atoms. The number of rotatable bonds is 6. The zero-order chi connectivity index (χ0) is 14.6. The number of nitrogens with zero attached hydrogens (tertiary/aromatic N) is 1. The van der Waals surface area contributed by atoms with E-state index in [0.717, 1.165) is 23.0 Å². The van der Waals surface area contributed by atoms with Crippen molar-refractivity contribution in [3.8, 4) is 0 Å². The number of para-hydroxylation sites is 1. The van der Waals surface area contributed by atoms with Crippen LogP contribution in [0.15, 0.2) is 36.4 Å². The number of pyridine rings is 1. The smallest absolute Gasteiger partial charge is 0.0746 e. The van der Waals surface area contributed by atoms with E-state index >= 15 is 0 Å². The Kier molecular flexibility index (Phi) is 4.73. The van der Waals surface area contributed by atoms with E-state index in [1.54, 1.807) is 0 Å². The molecule has 0 spiro atoms. The maximum absolute atomic E-state index is 10.3.